The number of carboxylic acid groups (broad SMARTS) is 1. The normalized spacial score (nSPS) is 22.1. The van der Waals surface area contributed by atoms with Crippen LogP contribution in [0.4, 0.5) is 11.4 Å². The summed E-state index contributed by atoms with van der Waals surface area (Å²) in [6, 6.07) is 4.23. The zero-order valence-corrected chi connectivity index (χ0v) is 12.3. The predicted octanol–water partition coefficient (Wildman–Crippen LogP) is 2.98. The number of benzene rings is 1. The number of carbonyl (C=O) groups is 1. The molecule has 0 amide bonds. The number of anilines is 1. The van der Waals surface area contributed by atoms with E-state index in [2.05, 4.69) is 6.92 Å². The molecule has 1 aliphatic rings. The van der Waals surface area contributed by atoms with E-state index in [4.69, 9.17) is 0 Å². The van der Waals surface area contributed by atoms with E-state index in [0.29, 0.717) is 30.1 Å². The summed E-state index contributed by atoms with van der Waals surface area (Å²) in [5, 5.41) is 20.5. The van der Waals surface area contributed by atoms with Crippen LogP contribution in [0.1, 0.15) is 31.7 Å². The number of aliphatic carboxylic acids is 1. The second kappa shape index (κ2) is 6.11. The molecule has 1 aliphatic heterocycles. The van der Waals surface area contributed by atoms with Crippen molar-refractivity contribution in [3.63, 3.8) is 0 Å². The standard InChI is InChI=1S/C15H20N2O4/c1-3-11-7-8-16(14(9-11)15(18)19)12-5-4-6-13(10(12)2)17(20)21/h4-6,11,14H,3,7-9H2,1-2H3,(H,18,19). The molecule has 1 fully saturated rings. The van der Waals surface area contributed by atoms with Crippen LogP contribution in [-0.2, 0) is 4.79 Å². The van der Waals surface area contributed by atoms with Gasteiger partial charge >= 0.3 is 5.97 Å². The molecule has 6 nitrogen and oxygen atoms in total. The van der Waals surface area contributed by atoms with Crippen molar-refractivity contribution in [1.82, 2.24) is 0 Å². The van der Waals surface area contributed by atoms with Crippen molar-refractivity contribution >= 4 is 17.3 Å². The SMILES string of the molecule is CCC1CCN(c2cccc([N+](=O)[O-])c2C)C(C(=O)O)C1. The van der Waals surface area contributed by atoms with E-state index in [1.165, 1.54) is 6.07 Å². The van der Waals surface area contributed by atoms with Crippen LogP contribution in [-0.4, -0.2) is 28.6 Å². The van der Waals surface area contributed by atoms with Crippen molar-refractivity contribution in [3.05, 3.63) is 33.9 Å². The van der Waals surface area contributed by atoms with Gasteiger partial charge in [0.25, 0.3) is 5.69 Å². The number of piperidine rings is 1. The first-order chi connectivity index (χ1) is 9.95. The Morgan fingerprint density at radius 2 is 2.24 bits per heavy atom. The molecule has 0 aliphatic carbocycles. The molecule has 0 radical (unpaired) electrons. The molecule has 0 spiro atoms. The molecular formula is C15H20N2O4. The van der Waals surface area contributed by atoms with Gasteiger partial charge in [-0.15, -0.1) is 0 Å². The van der Waals surface area contributed by atoms with Gasteiger partial charge < -0.3 is 10.0 Å². The molecule has 1 aromatic rings. The number of nitrogens with zero attached hydrogens (tertiary/aromatic N) is 2. The van der Waals surface area contributed by atoms with E-state index in [0.717, 1.165) is 12.8 Å². The summed E-state index contributed by atoms with van der Waals surface area (Å²) in [6.45, 7) is 4.37. The summed E-state index contributed by atoms with van der Waals surface area (Å²) >= 11 is 0. The van der Waals surface area contributed by atoms with Crippen LogP contribution in [0, 0.1) is 23.0 Å². The first kappa shape index (κ1) is 15.3. The summed E-state index contributed by atoms with van der Waals surface area (Å²) in [5.74, 6) is -0.458. The third-order valence-electron chi connectivity index (χ3n) is 4.36. The molecule has 1 aromatic carbocycles. The highest BCUT2D eigenvalue weighted by atomic mass is 16.6. The number of hydrogen-bond donors (Lipinski definition) is 1. The quantitative estimate of drug-likeness (QED) is 0.681. The van der Waals surface area contributed by atoms with Crippen molar-refractivity contribution < 1.29 is 14.8 Å². The van der Waals surface area contributed by atoms with Gasteiger partial charge in [-0.25, -0.2) is 4.79 Å². The summed E-state index contributed by atoms with van der Waals surface area (Å²) in [5.41, 5.74) is 1.23. The highest BCUT2D eigenvalue weighted by Crippen LogP contribution is 2.34. The topological polar surface area (TPSA) is 83.7 Å². The summed E-state index contributed by atoms with van der Waals surface area (Å²) in [4.78, 5) is 24.0. The molecule has 0 aromatic heterocycles. The van der Waals surface area contributed by atoms with Gasteiger partial charge in [-0.2, -0.15) is 0 Å². The molecule has 1 N–H and O–H groups in total. The van der Waals surface area contributed by atoms with Crippen LogP contribution in [0.3, 0.4) is 0 Å². The molecule has 0 saturated carbocycles. The van der Waals surface area contributed by atoms with Crippen LogP contribution in [0.5, 0.6) is 0 Å². The second-order valence-corrected chi connectivity index (χ2v) is 5.52. The first-order valence-corrected chi connectivity index (χ1v) is 7.19. The van der Waals surface area contributed by atoms with Crippen LogP contribution in [0.25, 0.3) is 0 Å². The van der Waals surface area contributed by atoms with Crippen molar-refractivity contribution in [2.45, 2.75) is 39.2 Å². The van der Waals surface area contributed by atoms with Crippen molar-refractivity contribution in [2.24, 2.45) is 5.92 Å². The zero-order valence-electron chi connectivity index (χ0n) is 12.3. The van der Waals surface area contributed by atoms with E-state index in [9.17, 15) is 20.0 Å². The van der Waals surface area contributed by atoms with Gasteiger partial charge in [0, 0.05) is 18.3 Å². The lowest BCUT2D eigenvalue weighted by molar-refractivity contribution is -0.385. The van der Waals surface area contributed by atoms with E-state index in [1.54, 1.807) is 24.0 Å². The Bertz CT molecular complexity index is 559. The minimum Gasteiger partial charge on any atom is -0.480 e. The Kier molecular flexibility index (Phi) is 4.45. The molecule has 1 saturated heterocycles. The Morgan fingerprint density at radius 3 is 2.81 bits per heavy atom. The van der Waals surface area contributed by atoms with Gasteiger partial charge in [0.1, 0.15) is 6.04 Å². The molecule has 2 unspecified atom stereocenters. The Labute approximate surface area is 123 Å². The summed E-state index contributed by atoms with van der Waals surface area (Å²) in [7, 11) is 0. The van der Waals surface area contributed by atoms with Gasteiger partial charge in [-0.1, -0.05) is 19.4 Å². The van der Waals surface area contributed by atoms with Gasteiger partial charge in [0.2, 0.25) is 0 Å². The molecular weight excluding hydrogens is 272 g/mol. The van der Waals surface area contributed by atoms with Gasteiger partial charge in [0.15, 0.2) is 0 Å². The fourth-order valence-corrected chi connectivity index (χ4v) is 3.05. The van der Waals surface area contributed by atoms with Crippen molar-refractivity contribution in [3.8, 4) is 0 Å². The molecule has 6 heteroatoms. The fourth-order valence-electron chi connectivity index (χ4n) is 3.05. The molecule has 0 bridgehead atoms. The largest absolute Gasteiger partial charge is 0.480 e. The number of hydrogen-bond acceptors (Lipinski definition) is 4. The monoisotopic (exact) mass is 292 g/mol. The fraction of sp³-hybridized carbons (Fsp3) is 0.533. The van der Waals surface area contributed by atoms with E-state index in [-0.39, 0.29) is 5.69 Å². The molecule has 2 atom stereocenters. The Balaban J connectivity index is 2.38. The molecule has 1 heterocycles. The summed E-state index contributed by atoms with van der Waals surface area (Å²) in [6.07, 6.45) is 2.47. The minimum atomic E-state index is -0.862. The average molecular weight is 292 g/mol. The smallest absolute Gasteiger partial charge is 0.326 e. The first-order valence-electron chi connectivity index (χ1n) is 7.19. The predicted molar refractivity (Wildman–Crippen MR) is 79.6 cm³/mol. The van der Waals surface area contributed by atoms with Crippen LogP contribution in [0.15, 0.2) is 18.2 Å². The number of carboxylic acids is 1. The Morgan fingerprint density at radius 1 is 1.52 bits per heavy atom. The minimum absolute atomic E-state index is 0.0363. The zero-order chi connectivity index (χ0) is 15.6. The maximum atomic E-state index is 11.6. The highest BCUT2D eigenvalue weighted by molar-refractivity contribution is 5.79. The molecule has 2 rings (SSSR count). The van der Waals surface area contributed by atoms with Crippen molar-refractivity contribution in [1.29, 1.82) is 0 Å². The number of rotatable bonds is 4. The van der Waals surface area contributed by atoms with Crippen LogP contribution >= 0.6 is 0 Å². The summed E-state index contributed by atoms with van der Waals surface area (Å²) < 4.78 is 0. The molecule has 21 heavy (non-hydrogen) atoms. The number of nitro groups is 1. The third kappa shape index (κ3) is 2.99. The van der Waals surface area contributed by atoms with Gasteiger partial charge in [-0.3, -0.25) is 10.1 Å². The lowest BCUT2D eigenvalue weighted by atomic mass is 9.88. The third-order valence-corrected chi connectivity index (χ3v) is 4.36. The van der Waals surface area contributed by atoms with E-state index >= 15 is 0 Å². The lowest BCUT2D eigenvalue weighted by Gasteiger charge is -2.39. The van der Waals surface area contributed by atoms with E-state index < -0.39 is 16.9 Å². The molecule has 114 valence electrons. The maximum Gasteiger partial charge on any atom is 0.326 e. The van der Waals surface area contributed by atoms with Crippen molar-refractivity contribution in [2.75, 3.05) is 11.4 Å². The number of nitro benzene ring substituents is 1. The van der Waals surface area contributed by atoms with Gasteiger partial charge in [0.05, 0.1) is 10.5 Å². The second-order valence-electron chi connectivity index (χ2n) is 5.52. The maximum absolute atomic E-state index is 11.6. The Hall–Kier alpha value is -2.11. The van der Waals surface area contributed by atoms with Crippen LogP contribution in [0.2, 0.25) is 0 Å². The van der Waals surface area contributed by atoms with E-state index in [1.807, 2.05) is 0 Å². The average Bonchev–Trinajstić information content (AvgIpc) is 2.46. The highest BCUT2D eigenvalue weighted by Gasteiger charge is 2.34. The van der Waals surface area contributed by atoms with Crippen LogP contribution < -0.4 is 4.90 Å². The van der Waals surface area contributed by atoms with Gasteiger partial charge in [-0.05, 0) is 31.7 Å². The lowest BCUT2D eigenvalue weighted by Crippen LogP contribution is -2.47.